The Balaban J connectivity index is 2.19. The molecule has 0 saturated heterocycles. The van der Waals surface area contributed by atoms with Crippen molar-refractivity contribution in [2.75, 3.05) is 7.05 Å². The number of nitrogens with zero attached hydrogens (tertiary/aromatic N) is 1. The summed E-state index contributed by atoms with van der Waals surface area (Å²) >= 11 is 3.49. The molecule has 0 amide bonds. The Morgan fingerprint density at radius 3 is 2.38 bits per heavy atom. The van der Waals surface area contributed by atoms with Gasteiger partial charge in [0, 0.05) is 23.1 Å². The maximum atomic E-state index is 6.24. The van der Waals surface area contributed by atoms with Gasteiger partial charge in [0.1, 0.15) is 0 Å². The van der Waals surface area contributed by atoms with Crippen molar-refractivity contribution >= 4 is 15.9 Å². The van der Waals surface area contributed by atoms with Crippen LogP contribution in [0, 0.1) is 6.92 Å². The summed E-state index contributed by atoms with van der Waals surface area (Å²) in [4.78, 5) is 2.32. The zero-order chi connectivity index (χ0) is 15.4. The summed E-state index contributed by atoms with van der Waals surface area (Å²) in [6.07, 6.45) is 0. The fourth-order valence-corrected chi connectivity index (χ4v) is 3.08. The average molecular weight is 347 g/mol. The van der Waals surface area contributed by atoms with E-state index in [1.165, 1.54) is 16.7 Å². The number of halogens is 1. The summed E-state index contributed by atoms with van der Waals surface area (Å²) in [6, 6.07) is 17.4. The molecule has 0 bridgehead atoms. The van der Waals surface area contributed by atoms with Crippen molar-refractivity contribution < 1.29 is 0 Å². The lowest BCUT2D eigenvalue weighted by Crippen LogP contribution is -2.36. The molecule has 3 heteroatoms. The molecule has 0 aliphatic carbocycles. The number of hydrogen-bond acceptors (Lipinski definition) is 2. The molecule has 21 heavy (non-hydrogen) atoms. The predicted octanol–water partition coefficient (Wildman–Crippen LogP) is 4.28. The third-order valence-corrected chi connectivity index (χ3v) is 4.23. The van der Waals surface area contributed by atoms with Crippen molar-refractivity contribution in [3.05, 3.63) is 69.7 Å². The van der Waals surface area contributed by atoms with Crippen LogP contribution in [0.15, 0.2) is 53.0 Å². The van der Waals surface area contributed by atoms with Gasteiger partial charge < -0.3 is 5.73 Å². The second-order valence-electron chi connectivity index (χ2n) is 5.76. The Hall–Kier alpha value is -1.16. The maximum absolute atomic E-state index is 6.24. The summed E-state index contributed by atoms with van der Waals surface area (Å²) in [5.41, 5.74) is 10.1. The van der Waals surface area contributed by atoms with Gasteiger partial charge in [0.2, 0.25) is 0 Å². The van der Waals surface area contributed by atoms with Crippen LogP contribution in [0.25, 0.3) is 0 Å². The smallest absolute Gasteiger partial charge is 0.0496 e. The van der Waals surface area contributed by atoms with Crippen LogP contribution in [0.3, 0.4) is 0 Å². The van der Waals surface area contributed by atoms with Crippen LogP contribution >= 0.6 is 15.9 Å². The van der Waals surface area contributed by atoms with Crippen molar-refractivity contribution in [2.24, 2.45) is 5.73 Å². The Bertz CT molecular complexity index is 578. The van der Waals surface area contributed by atoms with Crippen LogP contribution in [0.1, 0.15) is 29.7 Å². The normalized spacial score (nSPS) is 14.2. The molecule has 0 spiro atoms. The van der Waals surface area contributed by atoms with E-state index in [9.17, 15) is 0 Å². The van der Waals surface area contributed by atoms with Crippen LogP contribution < -0.4 is 5.73 Å². The van der Waals surface area contributed by atoms with Crippen molar-refractivity contribution in [2.45, 2.75) is 32.5 Å². The Labute approximate surface area is 136 Å². The maximum Gasteiger partial charge on any atom is 0.0496 e. The van der Waals surface area contributed by atoms with Crippen molar-refractivity contribution in [3.8, 4) is 0 Å². The lowest BCUT2D eigenvalue weighted by Gasteiger charge is -2.31. The molecule has 0 aliphatic rings. The van der Waals surface area contributed by atoms with E-state index in [-0.39, 0.29) is 12.1 Å². The third-order valence-electron chi connectivity index (χ3n) is 3.70. The Kier molecular flexibility index (Phi) is 5.57. The minimum atomic E-state index is 0.0704. The average Bonchev–Trinajstić information content (AvgIpc) is 2.41. The molecule has 2 atom stereocenters. The number of hydrogen-bond donors (Lipinski definition) is 1. The fourth-order valence-electron chi connectivity index (χ4n) is 2.82. The van der Waals surface area contributed by atoms with E-state index in [1.54, 1.807) is 0 Å². The summed E-state index contributed by atoms with van der Waals surface area (Å²) in [7, 11) is 2.14. The Morgan fingerprint density at radius 1 is 1.14 bits per heavy atom. The molecule has 2 unspecified atom stereocenters. The first kappa shape index (κ1) is 16.2. The lowest BCUT2D eigenvalue weighted by molar-refractivity contribution is 0.211. The highest BCUT2D eigenvalue weighted by Crippen LogP contribution is 2.25. The topological polar surface area (TPSA) is 29.3 Å². The zero-order valence-corrected chi connectivity index (χ0v) is 14.5. The molecule has 2 nitrogen and oxygen atoms in total. The molecular weight excluding hydrogens is 324 g/mol. The van der Waals surface area contributed by atoms with E-state index in [1.807, 2.05) is 0 Å². The molecular formula is C18H23BrN2. The van der Waals surface area contributed by atoms with Gasteiger partial charge in [-0.05, 0) is 44.2 Å². The number of likely N-dealkylation sites (N-methyl/N-ethyl adjacent to an activating group) is 1. The molecule has 2 N–H and O–H groups in total. The summed E-state index contributed by atoms with van der Waals surface area (Å²) < 4.78 is 1.09. The van der Waals surface area contributed by atoms with Crippen molar-refractivity contribution in [1.29, 1.82) is 0 Å². The van der Waals surface area contributed by atoms with E-state index >= 15 is 0 Å². The minimum Gasteiger partial charge on any atom is -0.326 e. The highest BCUT2D eigenvalue weighted by Gasteiger charge is 2.21. The number of rotatable bonds is 5. The van der Waals surface area contributed by atoms with E-state index in [0.29, 0.717) is 0 Å². The first-order valence-electron chi connectivity index (χ1n) is 7.24. The van der Waals surface area contributed by atoms with Crippen LogP contribution in [0.5, 0.6) is 0 Å². The molecule has 2 aromatic rings. The highest BCUT2D eigenvalue weighted by atomic mass is 79.9. The van der Waals surface area contributed by atoms with Crippen LogP contribution in [0.4, 0.5) is 0 Å². The first-order chi connectivity index (χ1) is 9.97. The van der Waals surface area contributed by atoms with Crippen LogP contribution in [0.2, 0.25) is 0 Å². The number of benzene rings is 2. The summed E-state index contributed by atoms with van der Waals surface area (Å²) in [5, 5.41) is 0. The standard InChI is InChI=1S/C18H23BrN2/c1-13-5-4-6-15(11-13)12-21(3)18(14(2)20)16-7-9-17(19)10-8-16/h4-11,14,18H,12,20H2,1-3H3. The molecule has 0 aromatic heterocycles. The minimum absolute atomic E-state index is 0.0704. The zero-order valence-electron chi connectivity index (χ0n) is 12.9. The SMILES string of the molecule is Cc1cccc(CN(C)C(c2ccc(Br)cc2)C(C)N)c1. The molecule has 0 heterocycles. The first-order valence-corrected chi connectivity index (χ1v) is 8.03. The largest absolute Gasteiger partial charge is 0.326 e. The number of nitrogens with two attached hydrogens (primary N) is 1. The Morgan fingerprint density at radius 2 is 1.81 bits per heavy atom. The molecule has 0 aliphatic heterocycles. The van der Waals surface area contributed by atoms with Gasteiger partial charge in [-0.1, -0.05) is 57.9 Å². The van der Waals surface area contributed by atoms with Crippen molar-refractivity contribution in [3.63, 3.8) is 0 Å². The van der Waals surface area contributed by atoms with E-state index in [2.05, 4.69) is 90.3 Å². The lowest BCUT2D eigenvalue weighted by atomic mass is 9.99. The molecule has 2 aromatic carbocycles. The van der Waals surface area contributed by atoms with E-state index in [0.717, 1.165) is 11.0 Å². The van der Waals surface area contributed by atoms with Crippen LogP contribution in [-0.2, 0) is 6.54 Å². The van der Waals surface area contributed by atoms with Crippen LogP contribution in [-0.4, -0.2) is 18.0 Å². The second-order valence-corrected chi connectivity index (χ2v) is 6.68. The monoisotopic (exact) mass is 346 g/mol. The highest BCUT2D eigenvalue weighted by molar-refractivity contribution is 9.10. The third kappa shape index (κ3) is 4.40. The quantitative estimate of drug-likeness (QED) is 0.875. The van der Waals surface area contributed by atoms with Gasteiger partial charge in [0.15, 0.2) is 0 Å². The van der Waals surface area contributed by atoms with Gasteiger partial charge in [0.25, 0.3) is 0 Å². The van der Waals surface area contributed by atoms with Gasteiger partial charge in [-0.25, -0.2) is 0 Å². The summed E-state index contributed by atoms with van der Waals surface area (Å²) in [5.74, 6) is 0. The molecule has 112 valence electrons. The van der Waals surface area contributed by atoms with Crippen molar-refractivity contribution in [1.82, 2.24) is 4.90 Å². The fraction of sp³-hybridized carbons (Fsp3) is 0.333. The molecule has 0 radical (unpaired) electrons. The van der Waals surface area contributed by atoms with E-state index < -0.39 is 0 Å². The predicted molar refractivity (Wildman–Crippen MR) is 93.2 cm³/mol. The second kappa shape index (κ2) is 7.21. The molecule has 0 saturated carbocycles. The van der Waals surface area contributed by atoms with Gasteiger partial charge in [-0.2, -0.15) is 0 Å². The van der Waals surface area contributed by atoms with Gasteiger partial charge in [-0.15, -0.1) is 0 Å². The molecule has 0 fully saturated rings. The number of aryl methyl sites for hydroxylation is 1. The van der Waals surface area contributed by atoms with E-state index in [4.69, 9.17) is 5.73 Å². The molecule has 2 rings (SSSR count). The van der Waals surface area contributed by atoms with Gasteiger partial charge >= 0.3 is 0 Å². The van der Waals surface area contributed by atoms with Gasteiger partial charge in [-0.3, -0.25) is 4.90 Å². The van der Waals surface area contributed by atoms with Gasteiger partial charge in [0.05, 0.1) is 0 Å². The summed E-state index contributed by atoms with van der Waals surface area (Å²) in [6.45, 7) is 5.09.